The molecule has 0 aliphatic heterocycles. The number of carbonyl (C=O) groups excluding carboxylic acids is 1. The van der Waals surface area contributed by atoms with Crippen LogP contribution in [0.4, 0.5) is 4.39 Å². The summed E-state index contributed by atoms with van der Waals surface area (Å²) < 4.78 is 13.3. The van der Waals surface area contributed by atoms with Gasteiger partial charge in [0.25, 0.3) is 5.91 Å². The molecule has 2 nitrogen and oxygen atoms in total. The van der Waals surface area contributed by atoms with E-state index >= 15 is 0 Å². The van der Waals surface area contributed by atoms with Crippen LogP contribution in [0.15, 0.2) is 22.7 Å². The lowest BCUT2D eigenvalue weighted by molar-refractivity contribution is 0.0953. The lowest BCUT2D eigenvalue weighted by Crippen LogP contribution is -2.24. The summed E-state index contributed by atoms with van der Waals surface area (Å²) in [6, 6.07) is 4.28. The Morgan fingerprint density at radius 3 is 2.72 bits per heavy atom. The van der Waals surface area contributed by atoms with E-state index in [0.717, 1.165) is 12.8 Å². The molecule has 1 N–H and O–H groups in total. The first-order valence-electron chi connectivity index (χ1n) is 6.24. The van der Waals surface area contributed by atoms with E-state index in [4.69, 9.17) is 0 Å². The summed E-state index contributed by atoms with van der Waals surface area (Å²) in [6.07, 6.45) is 3.27. The summed E-state index contributed by atoms with van der Waals surface area (Å²) in [6.45, 7) is 5.05. The molecule has 0 radical (unpaired) electrons. The average molecular weight is 316 g/mol. The third-order valence-electron chi connectivity index (χ3n) is 2.68. The molecule has 4 heteroatoms. The van der Waals surface area contributed by atoms with Gasteiger partial charge in [0.2, 0.25) is 0 Å². The summed E-state index contributed by atoms with van der Waals surface area (Å²) in [5.74, 6) is 0.192. The molecule has 0 heterocycles. The van der Waals surface area contributed by atoms with Crippen LogP contribution in [0, 0.1) is 11.7 Å². The number of hydrogen-bond acceptors (Lipinski definition) is 1. The zero-order valence-electron chi connectivity index (χ0n) is 10.8. The van der Waals surface area contributed by atoms with Gasteiger partial charge in [-0.05, 0) is 46.5 Å². The first-order chi connectivity index (χ1) is 8.50. The number of unbranched alkanes of at least 4 members (excludes halogenated alkanes) is 1. The van der Waals surface area contributed by atoms with Gasteiger partial charge in [0.1, 0.15) is 5.82 Å². The fourth-order valence-corrected chi connectivity index (χ4v) is 2.00. The molecule has 0 aromatic heterocycles. The van der Waals surface area contributed by atoms with Crippen molar-refractivity contribution >= 4 is 21.8 Å². The Bertz CT molecular complexity index is 407. The maximum Gasteiger partial charge on any atom is 0.251 e. The monoisotopic (exact) mass is 315 g/mol. The molecule has 0 aliphatic rings. The minimum atomic E-state index is -0.358. The Kier molecular flexibility index (Phi) is 6.33. The van der Waals surface area contributed by atoms with Gasteiger partial charge in [0, 0.05) is 12.1 Å². The van der Waals surface area contributed by atoms with Gasteiger partial charge in [-0.3, -0.25) is 4.79 Å². The fourth-order valence-electron chi connectivity index (χ4n) is 1.62. The quantitative estimate of drug-likeness (QED) is 0.785. The van der Waals surface area contributed by atoms with Crippen LogP contribution in [0.5, 0.6) is 0 Å². The van der Waals surface area contributed by atoms with E-state index in [2.05, 4.69) is 35.1 Å². The summed E-state index contributed by atoms with van der Waals surface area (Å²) in [7, 11) is 0. The minimum Gasteiger partial charge on any atom is -0.352 e. The second-order valence-corrected chi connectivity index (χ2v) is 5.63. The van der Waals surface area contributed by atoms with Gasteiger partial charge >= 0.3 is 0 Å². The molecule has 0 spiro atoms. The van der Waals surface area contributed by atoms with Crippen molar-refractivity contribution in [2.24, 2.45) is 5.92 Å². The van der Waals surface area contributed by atoms with E-state index in [0.29, 0.717) is 22.5 Å². The highest BCUT2D eigenvalue weighted by Crippen LogP contribution is 2.16. The van der Waals surface area contributed by atoms with Crippen LogP contribution in [-0.2, 0) is 0 Å². The number of benzene rings is 1. The third-order valence-corrected chi connectivity index (χ3v) is 3.28. The van der Waals surface area contributed by atoms with Crippen LogP contribution in [0.2, 0.25) is 0 Å². The number of amides is 1. The van der Waals surface area contributed by atoms with Gasteiger partial charge in [-0.2, -0.15) is 0 Å². The van der Waals surface area contributed by atoms with Gasteiger partial charge in [-0.15, -0.1) is 0 Å². The van der Waals surface area contributed by atoms with Crippen LogP contribution in [0.3, 0.4) is 0 Å². The molecule has 0 saturated carbocycles. The average Bonchev–Trinajstić information content (AvgIpc) is 2.31. The Labute approximate surface area is 116 Å². The van der Waals surface area contributed by atoms with E-state index in [1.54, 1.807) is 0 Å². The lowest BCUT2D eigenvalue weighted by atomic mass is 10.1. The first-order valence-corrected chi connectivity index (χ1v) is 7.03. The van der Waals surface area contributed by atoms with Crippen LogP contribution in [0.25, 0.3) is 0 Å². The molecule has 0 atom stereocenters. The Hall–Kier alpha value is -0.900. The molecular weight excluding hydrogens is 297 g/mol. The Balaban J connectivity index is 2.34. The van der Waals surface area contributed by atoms with Gasteiger partial charge in [-0.25, -0.2) is 4.39 Å². The SMILES string of the molecule is CC(C)CCCCNC(=O)c1ccc(F)c(Br)c1. The Morgan fingerprint density at radius 2 is 2.11 bits per heavy atom. The molecular formula is C14H19BrFNO. The fraction of sp³-hybridized carbons (Fsp3) is 0.500. The van der Waals surface area contributed by atoms with E-state index in [-0.39, 0.29) is 11.7 Å². The predicted molar refractivity (Wildman–Crippen MR) is 75.1 cm³/mol. The van der Waals surface area contributed by atoms with E-state index in [9.17, 15) is 9.18 Å². The van der Waals surface area contributed by atoms with Crippen molar-refractivity contribution in [1.29, 1.82) is 0 Å². The smallest absolute Gasteiger partial charge is 0.251 e. The van der Waals surface area contributed by atoms with Gasteiger partial charge in [-0.1, -0.05) is 26.7 Å². The highest BCUT2D eigenvalue weighted by Gasteiger charge is 2.07. The minimum absolute atomic E-state index is 0.153. The second kappa shape index (κ2) is 7.52. The maximum absolute atomic E-state index is 13.0. The molecule has 1 rings (SSSR count). The van der Waals surface area contributed by atoms with Crippen molar-refractivity contribution in [3.63, 3.8) is 0 Å². The van der Waals surface area contributed by atoms with Crippen molar-refractivity contribution in [2.45, 2.75) is 33.1 Å². The first kappa shape index (κ1) is 15.2. The number of carbonyl (C=O) groups is 1. The van der Waals surface area contributed by atoms with Crippen molar-refractivity contribution in [1.82, 2.24) is 5.32 Å². The molecule has 0 aliphatic carbocycles. The molecule has 0 bridgehead atoms. The van der Waals surface area contributed by atoms with Crippen molar-refractivity contribution in [3.8, 4) is 0 Å². The summed E-state index contributed by atoms with van der Waals surface area (Å²) in [5.41, 5.74) is 0.479. The standard InChI is InChI=1S/C14H19BrFNO/c1-10(2)5-3-4-8-17-14(18)11-6-7-13(16)12(15)9-11/h6-7,9-10H,3-5,8H2,1-2H3,(H,17,18). The maximum atomic E-state index is 13.0. The van der Waals surface area contributed by atoms with E-state index in [1.807, 2.05) is 0 Å². The van der Waals surface area contributed by atoms with E-state index < -0.39 is 0 Å². The van der Waals surface area contributed by atoms with Crippen molar-refractivity contribution in [2.75, 3.05) is 6.54 Å². The molecule has 0 unspecified atom stereocenters. The molecule has 0 saturated heterocycles. The van der Waals surface area contributed by atoms with Crippen molar-refractivity contribution in [3.05, 3.63) is 34.1 Å². The topological polar surface area (TPSA) is 29.1 Å². The second-order valence-electron chi connectivity index (χ2n) is 4.77. The summed E-state index contributed by atoms with van der Waals surface area (Å²) in [4.78, 5) is 11.8. The van der Waals surface area contributed by atoms with E-state index in [1.165, 1.54) is 24.6 Å². The lowest BCUT2D eigenvalue weighted by Gasteiger charge is -2.07. The molecule has 1 aromatic carbocycles. The molecule has 1 aromatic rings. The molecule has 100 valence electrons. The van der Waals surface area contributed by atoms with Crippen LogP contribution in [-0.4, -0.2) is 12.5 Å². The van der Waals surface area contributed by atoms with Crippen molar-refractivity contribution < 1.29 is 9.18 Å². The summed E-state index contributed by atoms with van der Waals surface area (Å²) >= 11 is 3.07. The van der Waals surface area contributed by atoms with Crippen LogP contribution >= 0.6 is 15.9 Å². The van der Waals surface area contributed by atoms with Gasteiger partial charge in [0.05, 0.1) is 4.47 Å². The zero-order chi connectivity index (χ0) is 13.5. The zero-order valence-corrected chi connectivity index (χ0v) is 12.4. The number of hydrogen-bond donors (Lipinski definition) is 1. The molecule has 0 fully saturated rings. The van der Waals surface area contributed by atoms with Crippen LogP contribution < -0.4 is 5.32 Å². The van der Waals surface area contributed by atoms with Crippen LogP contribution in [0.1, 0.15) is 43.5 Å². The highest BCUT2D eigenvalue weighted by atomic mass is 79.9. The largest absolute Gasteiger partial charge is 0.352 e. The predicted octanol–water partition coefficient (Wildman–Crippen LogP) is 4.14. The number of halogens is 2. The van der Waals surface area contributed by atoms with Gasteiger partial charge in [0.15, 0.2) is 0 Å². The number of rotatable bonds is 6. The molecule has 18 heavy (non-hydrogen) atoms. The normalized spacial score (nSPS) is 10.7. The molecule has 1 amide bonds. The van der Waals surface area contributed by atoms with Gasteiger partial charge < -0.3 is 5.32 Å². The third kappa shape index (κ3) is 5.17. The number of nitrogens with one attached hydrogen (secondary N) is 1. The summed E-state index contributed by atoms with van der Waals surface area (Å²) in [5, 5.41) is 2.84. The Morgan fingerprint density at radius 1 is 1.39 bits per heavy atom. The highest BCUT2D eigenvalue weighted by molar-refractivity contribution is 9.10.